The number of likely N-dealkylation sites (tertiary alicyclic amines) is 1. The van der Waals surface area contributed by atoms with E-state index in [1.807, 2.05) is 12.1 Å². The van der Waals surface area contributed by atoms with Crippen molar-refractivity contribution in [1.82, 2.24) is 15.1 Å². The van der Waals surface area contributed by atoms with Crippen molar-refractivity contribution in [3.8, 4) is 0 Å². The largest absolute Gasteiger partial charge is 0.398 e. The highest BCUT2D eigenvalue weighted by Crippen LogP contribution is 2.51. The van der Waals surface area contributed by atoms with Gasteiger partial charge in [0.15, 0.2) is 0 Å². The van der Waals surface area contributed by atoms with Gasteiger partial charge >= 0.3 is 0 Å². The van der Waals surface area contributed by atoms with E-state index in [0.717, 1.165) is 74.6 Å². The third kappa shape index (κ3) is 7.98. The molecule has 56 heavy (non-hydrogen) atoms. The maximum Gasteiger partial charge on any atom is 0.262 e. The molecule has 4 aliphatic heterocycles. The van der Waals surface area contributed by atoms with Gasteiger partial charge in [-0.2, -0.15) is 0 Å². The zero-order valence-corrected chi connectivity index (χ0v) is 33.2. The van der Waals surface area contributed by atoms with Crippen LogP contribution in [0.2, 0.25) is 0 Å². The number of anilines is 3. The molecule has 5 aliphatic rings. The van der Waals surface area contributed by atoms with Crippen LogP contribution in [-0.2, 0) is 20.0 Å². The van der Waals surface area contributed by atoms with Gasteiger partial charge in [0.25, 0.3) is 11.8 Å². The number of aliphatic hydroxyl groups is 1. The molecule has 13 nitrogen and oxygen atoms in total. The van der Waals surface area contributed by atoms with Gasteiger partial charge in [-0.25, -0.2) is 0 Å². The molecule has 5 N–H and O–H groups in total. The minimum atomic E-state index is -1.15. The normalized spacial score (nSPS) is 22.9. The summed E-state index contributed by atoms with van der Waals surface area (Å²) in [5, 5.41) is 15.5. The van der Waals surface area contributed by atoms with E-state index in [1.165, 1.54) is 25.7 Å². The Balaban J connectivity index is 0.881. The van der Waals surface area contributed by atoms with Crippen LogP contribution in [0.25, 0.3) is 0 Å². The first-order valence-electron chi connectivity index (χ1n) is 20.3. The van der Waals surface area contributed by atoms with Crippen LogP contribution in [0, 0.1) is 16.7 Å². The van der Waals surface area contributed by atoms with Gasteiger partial charge in [0.05, 0.1) is 22.8 Å². The predicted octanol–water partition coefficient (Wildman–Crippen LogP) is 4.85. The summed E-state index contributed by atoms with van der Waals surface area (Å²) in [6.45, 7) is 13.1. The minimum absolute atomic E-state index is 0.102. The van der Waals surface area contributed by atoms with E-state index >= 15 is 0 Å². The van der Waals surface area contributed by atoms with Crippen LogP contribution < -0.4 is 21.3 Å². The molecule has 0 bridgehead atoms. The summed E-state index contributed by atoms with van der Waals surface area (Å²) in [4.78, 5) is 72.8. The number of imide groups is 2. The lowest BCUT2D eigenvalue weighted by atomic mass is 9.60. The van der Waals surface area contributed by atoms with Gasteiger partial charge in [0.2, 0.25) is 18.2 Å². The molecule has 7 rings (SSSR count). The molecule has 1 atom stereocenters. The number of hydrogen-bond donors (Lipinski definition) is 4. The summed E-state index contributed by atoms with van der Waals surface area (Å²) in [6, 6.07) is 8.17. The third-order valence-corrected chi connectivity index (χ3v) is 13.5. The molecule has 13 heteroatoms. The van der Waals surface area contributed by atoms with Gasteiger partial charge in [-0.3, -0.25) is 39.2 Å². The standard InChI is InChI=1S/C43H57N7O6/c1-41(2,25-48-17-11-29(12-18-48)45-24-27-21-35(46-26-51)33(23-34(27)44)42(3,4)56)28-9-13-43(14-10-28)15-19-49(20-16-43)30-5-6-31-32(22-30)40(55)50(39(31)54)36-7-8-37(52)47-38(36)53/h5-6,21-24,26,28-29,36,56H,7-20,25,44H2,1-4H3,(H,46,51)(H,47,52,53). The molecule has 300 valence electrons. The first-order chi connectivity index (χ1) is 26.6. The molecular formula is C43H57N7O6. The van der Waals surface area contributed by atoms with Crippen LogP contribution in [-0.4, -0.2) is 96.0 Å². The average Bonchev–Trinajstić information content (AvgIpc) is 3.40. The van der Waals surface area contributed by atoms with E-state index in [4.69, 9.17) is 10.7 Å². The van der Waals surface area contributed by atoms with Crippen molar-refractivity contribution in [2.24, 2.45) is 21.7 Å². The van der Waals surface area contributed by atoms with Crippen molar-refractivity contribution in [3.05, 3.63) is 52.6 Å². The van der Waals surface area contributed by atoms with Crippen molar-refractivity contribution in [2.45, 2.75) is 110 Å². The Morgan fingerprint density at radius 3 is 2.23 bits per heavy atom. The number of amides is 5. The molecule has 5 amide bonds. The zero-order chi connectivity index (χ0) is 40.0. The van der Waals surface area contributed by atoms with Crippen LogP contribution in [0.15, 0.2) is 35.3 Å². The molecule has 2 aromatic carbocycles. The molecule has 0 aromatic heterocycles. The van der Waals surface area contributed by atoms with Gasteiger partial charge in [-0.15, -0.1) is 0 Å². The highest BCUT2D eigenvalue weighted by atomic mass is 16.3. The average molecular weight is 768 g/mol. The Morgan fingerprint density at radius 2 is 1.59 bits per heavy atom. The number of nitrogens with one attached hydrogen (secondary N) is 2. The zero-order valence-electron chi connectivity index (χ0n) is 33.2. The second-order valence-corrected chi connectivity index (χ2v) is 18.1. The van der Waals surface area contributed by atoms with Crippen LogP contribution in [0.5, 0.6) is 0 Å². The van der Waals surface area contributed by atoms with Crippen molar-refractivity contribution in [1.29, 1.82) is 0 Å². The van der Waals surface area contributed by atoms with E-state index in [1.54, 1.807) is 38.3 Å². The van der Waals surface area contributed by atoms with E-state index in [0.29, 0.717) is 45.8 Å². The molecule has 2 aromatic rings. The third-order valence-electron chi connectivity index (χ3n) is 13.5. The highest BCUT2D eigenvalue weighted by molar-refractivity contribution is 6.23. The van der Waals surface area contributed by atoms with Crippen LogP contribution in [0.4, 0.5) is 17.1 Å². The molecule has 0 radical (unpaired) electrons. The Hall–Kier alpha value is -4.62. The number of piperidine rings is 3. The highest BCUT2D eigenvalue weighted by Gasteiger charge is 2.46. The van der Waals surface area contributed by atoms with Gasteiger partial charge in [0, 0.05) is 73.5 Å². The maximum atomic E-state index is 13.4. The Bertz CT molecular complexity index is 1910. The first kappa shape index (κ1) is 39.6. The summed E-state index contributed by atoms with van der Waals surface area (Å²) >= 11 is 0. The lowest BCUT2D eigenvalue weighted by Gasteiger charge is -2.50. The van der Waals surface area contributed by atoms with E-state index < -0.39 is 29.4 Å². The molecule has 3 saturated heterocycles. The number of nitrogens with two attached hydrogens (primary N) is 1. The summed E-state index contributed by atoms with van der Waals surface area (Å²) in [5.74, 6) is -1.25. The topological polar surface area (TPSA) is 178 Å². The van der Waals surface area contributed by atoms with Crippen LogP contribution in [0.3, 0.4) is 0 Å². The smallest absolute Gasteiger partial charge is 0.262 e. The second kappa shape index (κ2) is 15.4. The number of hydrogen-bond acceptors (Lipinski definition) is 10. The second-order valence-electron chi connectivity index (χ2n) is 18.1. The number of carbonyl (C=O) groups excluding carboxylic acids is 5. The van der Waals surface area contributed by atoms with E-state index in [9.17, 15) is 29.1 Å². The van der Waals surface area contributed by atoms with E-state index in [-0.39, 0.29) is 30.2 Å². The van der Waals surface area contributed by atoms with Crippen molar-refractivity contribution in [2.75, 3.05) is 48.7 Å². The molecule has 1 unspecified atom stereocenters. The number of rotatable bonds is 10. The van der Waals surface area contributed by atoms with E-state index in [2.05, 4.69) is 34.3 Å². The molecule has 4 heterocycles. The number of benzene rings is 2. The number of aliphatic imine (C=N–C) groups is 1. The number of fused-ring (bicyclic) bond motifs is 1. The number of nitrogen functional groups attached to an aromatic ring is 1. The summed E-state index contributed by atoms with van der Waals surface area (Å²) in [5.41, 5.74) is 9.62. The monoisotopic (exact) mass is 767 g/mol. The van der Waals surface area contributed by atoms with Gasteiger partial charge in [-0.05, 0) is 119 Å². The molecule has 1 saturated carbocycles. The lowest BCUT2D eigenvalue weighted by molar-refractivity contribution is -0.136. The van der Waals surface area contributed by atoms with Gasteiger partial charge in [-0.1, -0.05) is 13.8 Å². The Morgan fingerprint density at radius 1 is 0.911 bits per heavy atom. The van der Waals surface area contributed by atoms with Crippen LogP contribution in [0.1, 0.15) is 124 Å². The van der Waals surface area contributed by atoms with Gasteiger partial charge < -0.3 is 26.0 Å². The number of carbonyl (C=O) groups is 5. The Kier molecular flexibility index (Phi) is 10.9. The van der Waals surface area contributed by atoms with Crippen molar-refractivity contribution in [3.63, 3.8) is 0 Å². The summed E-state index contributed by atoms with van der Waals surface area (Å²) in [6.07, 6.45) is 11.7. The molecule has 1 spiro atoms. The summed E-state index contributed by atoms with van der Waals surface area (Å²) in [7, 11) is 0. The quantitative estimate of drug-likeness (QED) is 0.114. The molecule has 4 fully saturated rings. The minimum Gasteiger partial charge on any atom is -0.398 e. The SMILES string of the molecule is CC(C)(O)c1cc(N)c(C=NC2CCN(CC(C)(C)C3CCC4(CC3)CCN(c3ccc5c(c3)C(=O)N(C3CCC(=O)NC3=O)C5=O)CC4)CC2)cc1NC=O. The fourth-order valence-corrected chi connectivity index (χ4v) is 9.96. The van der Waals surface area contributed by atoms with Gasteiger partial charge in [0.1, 0.15) is 6.04 Å². The lowest BCUT2D eigenvalue weighted by Crippen LogP contribution is -2.54. The number of nitrogens with zero attached hydrogens (tertiary/aromatic N) is 4. The Labute approximate surface area is 329 Å². The molecular weight excluding hydrogens is 711 g/mol. The fraction of sp³-hybridized carbons (Fsp3) is 0.581. The van der Waals surface area contributed by atoms with Crippen LogP contribution >= 0.6 is 0 Å². The summed E-state index contributed by atoms with van der Waals surface area (Å²) < 4.78 is 0. The fourth-order valence-electron chi connectivity index (χ4n) is 9.96. The van der Waals surface area contributed by atoms with Crippen molar-refractivity contribution < 1.29 is 29.1 Å². The first-order valence-corrected chi connectivity index (χ1v) is 20.3. The molecule has 1 aliphatic carbocycles. The van der Waals surface area contributed by atoms with Crippen molar-refractivity contribution >= 4 is 53.3 Å². The predicted molar refractivity (Wildman–Crippen MR) is 216 cm³/mol. The maximum absolute atomic E-state index is 13.4.